The molecule has 1 N–H and O–H groups in total. The topological polar surface area (TPSA) is 29.5 Å². The Morgan fingerprint density at radius 2 is 1.75 bits per heavy atom. The van der Waals surface area contributed by atoms with E-state index < -0.39 is 11.6 Å². The van der Waals surface area contributed by atoms with Crippen LogP contribution in [0.4, 0.5) is 13.2 Å². The van der Waals surface area contributed by atoms with Gasteiger partial charge in [0.05, 0.1) is 4.88 Å². The van der Waals surface area contributed by atoms with Crippen molar-refractivity contribution in [2.45, 2.75) is 32.8 Å². The minimum Gasteiger partial charge on any atom is -0.485 e. The molecule has 0 fully saturated rings. The van der Waals surface area contributed by atoms with Crippen LogP contribution in [0.3, 0.4) is 0 Å². The van der Waals surface area contributed by atoms with Gasteiger partial charge in [-0.15, -0.1) is 11.3 Å². The summed E-state index contributed by atoms with van der Waals surface area (Å²) in [4.78, 5) is 0.603. The summed E-state index contributed by atoms with van der Waals surface area (Å²) in [5.41, 5.74) is 2.90. The van der Waals surface area contributed by atoms with Gasteiger partial charge in [-0.25, -0.2) is 4.39 Å². The Hall–Kier alpha value is -2.31. The second-order valence-electron chi connectivity index (χ2n) is 6.40. The highest BCUT2D eigenvalue weighted by Crippen LogP contribution is 2.33. The Balaban J connectivity index is 1.79. The number of hydrogen-bond acceptors (Lipinski definition) is 3. The van der Waals surface area contributed by atoms with Crippen LogP contribution >= 0.6 is 11.3 Å². The molecule has 0 saturated carbocycles. The first-order chi connectivity index (χ1) is 13.5. The first-order valence-electron chi connectivity index (χ1n) is 9.11. The summed E-state index contributed by atoms with van der Waals surface area (Å²) in [7, 11) is 0. The fourth-order valence-electron chi connectivity index (χ4n) is 2.96. The fraction of sp³-hybridized carbons (Fsp3) is 0.273. The first-order valence-corrected chi connectivity index (χ1v) is 9.93. The highest BCUT2D eigenvalue weighted by Gasteiger charge is 2.17. The zero-order valence-electron chi connectivity index (χ0n) is 15.5. The maximum Gasteiger partial charge on any atom is 0.200 e. The van der Waals surface area contributed by atoms with Gasteiger partial charge in [-0.1, -0.05) is 37.3 Å². The number of aryl methyl sites for hydroxylation is 2. The zero-order chi connectivity index (χ0) is 20.1. The summed E-state index contributed by atoms with van der Waals surface area (Å²) in [5.74, 6) is -2.26. The molecule has 1 heterocycles. The smallest absolute Gasteiger partial charge is 0.200 e. The van der Waals surface area contributed by atoms with Crippen molar-refractivity contribution in [1.82, 2.24) is 0 Å². The lowest BCUT2D eigenvalue weighted by atomic mass is 10.0. The Kier molecular flexibility index (Phi) is 6.75. The van der Waals surface area contributed by atoms with E-state index in [9.17, 15) is 13.2 Å². The fourth-order valence-corrected chi connectivity index (χ4v) is 3.77. The van der Waals surface area contributed by atoms with Crippen LogP contribution in [-0.4, -0.2) is 11.7 Å². The highest BCUT2D eigenvalue weighted by atomic mass is 32.1. The molecule has 6 heteroatoms. The Morgan fingerprint density at radius 3 is 2.43 bits per heavy atom. The molecule has 0 unspecified atom stereocenters. The molecular formula is C22H21F3O2S. The molecule has 28 heavy (non-hydrogen) atoms. The standard InChI is InChI=1S/C22H21F3O2S/c1-2-14-5-7-15(8-6-14)17-12-20(23)28-19(17)13-27-18-10-9-16(4-3-11-26)21(24)22(18)25/h5-10,12,26H,2-4,11,13H2,1H3. The van der Waals surface area contributed by atoms with Crippen molar-refractivity contribution < 1.29 is 23.0 Å². The average Bonchev–Trinajstić information content (AvgIpc) is 3.09. The molecule has 0 aliphatic carbocycles. The average molecular weight is 406 g/mol. The molecule has 0 aliphatic rings. The van der Waals surface area contributed by atoms with Crippen molar-refractivity contribution in [2.75, 3.05) is 6.61 Å². The maximum absolute atomic E-state index is 14.3. The predicted octanol–water partition coefficient (Wildman–Crippen LogP) is 5.90. The third-order valence-electron chi connectivity index (χ3n) is 4.54. The Labute approximate surface area is 166 Å². The lowest BCUT2D eigenvalue weighted by molar-refractivity contribution is 0.283. The van der Waals surface area contributed by atoms with E-state index in [1.165, 1.54) is 23.8 Å². The SMILES string of the molecule is CCc1ccc(-c2cc(F)sc2COc2ccc(CCCO)c(F)c2F)cc1. The Morgan fingerprint density at radius 1 is 1.00 bits per heavy atom. The van der Waals surface area contributed by atoms with Crippen LogP contribution in [0.5, 0.6) is 5.75 Å². The predicted molar refractivity (Wildman–Crippen MR) is 105 cm³/mol. The summed E-state index contributed by atoms with van der Waals surface area (Å²) in [5, 5.41) is 8.47. The summed E-state index contributed by atoms with van der Waals surface area (Å²) >= 11 is 0.927. The van der Waals surface area contributed by atoms with E-state index in [4.69, 9.17) is 9.84 Å². The van der Waals surface area contributed by atoms with Crippen LogP contribution in [0.15, 0.2) is 42.5 Å². The van der Waals surface area contributed by atoms with Gasteiger partial charge in [0.15, 0.2) is 16.7 Å². The van der Waals surface area contributed by atoms with Gasteiger partial charge in [0, 0.05) is 12.2 Å². The van der Waals surface area contributed by atoms with Crippen molar-refractivity contribution in [3.63, 3.8) is 0 Å². The maximum atomic E-state index is 14.3. The van der Waals surface area contributed by atoms with Crippen molar-refractivity contribution in [3.05, 3.63) is 75.2 Å². The molecule has 0 radical (unpaired) electrons. The van der Waals surface area contributed by atoms with Crippen molar-refractivity contribution >= 4 is 11.3 Å². The highest BCUT2D eigenvalue weighted by molar-refractivity contribution is 7.10. The normalized spacial score (nSPS) is 11.0. The van der Waals surface area contributed by atoms with Gasteiger partial charge in [0.25, 0.3) is 0 Å². The number of rotatable bonds is 8. The van der Waals surface area contributed by atoms with Gasteiger partial charge in [-0.3, -0.25) is 0 Å². The zero-order valence-corrected chi connectivity index (χ0v) is 16.3. The summed E-state index contributed by atoms with van der Waals surface area (Å²) in [6.45, 7) is 1.90. The monoisotopic (exact) mass is 406 g/mol. The molecule has 0 spiro atoms. The van der Waals surface area contributed by atoms with Gasteiger partial charge >= 0.3 is 0 Å². The van der Waals surface area contributed by atoms with Crippen LogP contribution in [-0.2, 0) is 19.4 Å². The molecule has 0 bridgehead atoms. The third kappa shape index (κ3) is 4.56. The molecule has 0 amide bonds. The van der Waals surface area contributed by atoms with E-state index in [0.29, 0.717) is 16.9 Å². The third-order valence-corrected chi connectivity index (χ3v) is 5.44. The second-order valence-corrected chi connectivity index (χ2v) is 7.49. The molecule has 2 nitrogen and oxygen atoms in total. The van der Waals surface area contributed by atoms with E-state index in [1.807, 2.05) is 24.3 Å². The summed E-state index contributed by atoms with van der Waals surface area (Å²) in [6, 6.07) is 12.0. The number of benzene rings is 2. The van der Waals surface area contributed by atoms with Gasteiger partial charge in [0.2, 0.25) is 5.82 Å². The quantitative estimate of drug-likeness (QED) is 0.505. The van der Waals surface area contributed by atoms with Crippen molar-refractivity contribution in [2.24, 2.45) is 0 Å². The number of hydrogen-bond donors (Lipinski definition) is 1. The van der Waals surface area contributed by atoms with Crippen LogP contribution in [0.25, 0.3) is 11.1 Å². The van der Waals surface area contributed by atoms with Crippen LogP contribution in [0.2, 0.25) is 0 Å². The molecule has 0 saturated heterocycles. The number of aliphatic hydroxyl groups excluding tert-OH is 1. The van der Waals surface area contributed by atoms with Crippen molar-refractivity contribution in [1.29, 1.82) is 0 Å². The number of aliphatic hydroxyl groups is 1. The van der Waals surface area contributed by atoms with Crippen molar-refractivity contribution in [3.8, 4) is 16.9 Å². The van der Waals surface area contributed by atoms with E-state index in [1.54, 1.807) is 0 Å². The first kappa shape index (κ1) is 20.4. The molecule has 0 aliphatic heterocycles. The van der Waals surface area contributed by atoms with Crippen LogP contribution in [0, 0.1) is 16.8 Å². The largest absolute Gasteiger partial charge is 0.485 e. The molecule has 3 rings (SSSR count). The molecule has 1 aromatic heterocycles. The number of thiophene rings is 1. The van der Waals surface area contributed by atoms with Gasteiger partial charge < -0.3 is 9.84 Å². The number of ether oxygens (including phenoxy) is 1. The van der Waals surface area contributed by atoms with E-state index in [0.717, 1.165) is 23.3 Å². The van der Waals surface area contributed by atoms with E-state index >= 15 is 0 Å². The Bertz CT molecular complexity index is 936. The lowest BCUT2D eigenvalue weighted by Crippen LogP contribution is -2.02. The minimum absolute atomic E-state index is 0.0637. The van der Waals surface area contributed by atoms with Gasteiger partial charge in [-0.05, 0) is 48.1 Å². The molecule has 148 valence electrons. The van der Waals surface area contributed by atoms with Gasteiger partial charge in [0.1, 0.15) is 6.61 Å². The van der Waals surface area contributed by atoms with E-state index in [2.05, 4.69) is 6.92 Å². The second kappa shape index (κ2) is 9.26. The molecular weight excluding hydrogens is 385 g/mol. The molecule has 0 atom stereocenters. The lowest BCUT2D eigenvalue weighted by Gasteiger charge is -2.11. The number of halogens is 3. The van der Waals surface area contributed by atoms with Gasteiger partial charge in [-0.2, -0.15) is 8.78 Å². The van der Waals surface area contributed by atoms with Crippen LogP contribution in [0.1, 0.15) is 29.3 Å². The molecule has 3 aromatic rings. The summed E-state index contributed by atoms with van der Waals surface area (Å²) in [6.07, 6.45) is 1.51. The molecule has 2 aromatic carbocycles. The summed E-state index contributed by atoms with van der Waals surface area (Å²) < 4.78 is 47.7. The minimum atomic E-state index is -1.07. The van der Waals surface area contributed by atoms with Crippen LogP contribution < -0.4 is 4.74 Å². The van der Waals surface area contributed by atoms with E-state index in [-0.39, 0.29) is 36.1 Å².